The molecule has 1 heterocycles. The summed E-state index contributed by atoms with van der Waals surface area (Å²) >= 11 is 6.27. The van der Waals surface area contributed by atoms with Crippen molar-refractivity contribution in [1.82, 2.24) is 9.78 Å². The Bertz CT molecular complexity index is 760. The minimum Gasteiger partial charge on any atom is -0.399 e. The highest BCUT2D eigenvalue weighted by atomic mass is 35.5. The third-order valence-corrected chi connectivity index (χ3v) is 3.77. The van der Waals surface area contributed by atoms with Crippen molar-refractivity contribution < 1.29 is 0 Å². The van der Waals surface area contributed by atoms with Crippen LogP contribution in [0.25, 0.3) is 11.1 Å². The van der Waals surface area contributed by atoms with E-state index < -0.39 is 0 Å². The van der Waals surface area contributed by atoms with Crippen LogP contribution in [0, 0.1) is 6.92 Å². The Morgan fingerprint density at radius 3 is 2.57 bits per heavy atom. The van der Waals surface area contributed by atoms with Gasteiger partial charge in [-0.15, -0.1) is 0 Å². The first-order valence-electron chi connectivity index (χ1n) is 6.75. The molecule has 0 saturated heterocycles. The highest BCUT2D eigenvalue weighted by Crippen LogP contribution is 2.22. The first-order valence-corrected chi connectivity index (χ1v) is 7.13. The first-order chi connectivity index (χ1) is 10.1. The van der Waals surface area contributed by atoms with E-state index in [2.05, 4.69) is 11.2 Å². The lowest BCUT2D eigenvalue weighted by molar-refractivity contribution is 0.687. The molecule has 1 aromatic heterocycles. The van der Waals surface area contributed by atoms with Crippen molar-refractivity contribution in [2.75, 3.05) is 5.73 Å². The molecule has 0 amide bonds. The maximum Gasteiger partial charge on any atom is 0.0674 e. The number of nitrogens with two attached hydrogens (primary N) is 1. The second kappa shape index (κ2) is 5.62. The molecule has 0 aliphatic carbocycles. The van der Waals surface area contributed by atoms with Gasteiger partial charge in [0.2, 0.25) is 0 Å². The van der Waals surface area contributed by atoms with Gasteiger partial charge in [-0.1, -0.05) is 35.9 Å². The smallest absolute Gasteiger partial charge is 0.0674 e. The van der Waals surface area contributed by atoms with E-state index in [1.165, 1.54) is 0 Å². The summed E-state index contributed by atoms with van der Waals surface area (Å²) in [5.41, 5.74) is 10.9. The molecule has 2 N–H and O–H groups in total. The number of anilines is 1. The maximum atomic E-state index is 6.27. The van der Waals surface area contributed by atoms with Gasteiger partial charge in [0.1, 0.15) is 0 Å². The highest BCUT2D eigenvalue weighted by Gasteiger charge is 2.05. The molecule has 0 spiro atoms. The van der Waals surface area contributed by atoms with Crippen LogP contribution in [-0.2, 0) is 6.54 Å². The summed E-state index contributed by atoms with van der Waals surface area (Å²) in [7, 11) is 0. The topological polar surface area (TPSA) is 43.8 Å². The second-order valence-corrected chi connectivity index (χ2v) is 5.55. The van der Waals surface area contributed by atoms with Gasteiger partial charge < -0.3 is 5.73 Å². The predicted molar refractivity (Wildman–Crippen MR) is 87.4 cm³/mol. The molecule has 0 aliphatic heterocycles. The van der Waals surface area contributed by atoms with Crippen molar-refractivity contribution in [3.05, 3.63) is 71.0 Å². The highest BCUT2D eigenvalue weighted by molar-refractivity contribution is 6.31. The van der Waals surface area contributed by atoms with Crippen LogP contribution in [0.2, 0.25) is 5.02 Å². The Hall–Kier alpha value is -2.26. The van der Waals surface area contributed by atoms with Gasteiger partial charge in [0, 0.05) is 22.5 Å². The van der Waals surface area contributed by atoms with Gasteiger partial charge in [0.05, 0.1) is 12.7 Å². The van der Waals surface area contributed by atoms with E-state index in [-0.39, 0.29) is 0 Å². The molecule has 0 bridgehead atoms. The largest absolute Gasteiger partial charge is 0.399 e. The van der Waals surface area contributed by atoms with E-state index >= 15 is 0 Å². The zero-order valence-corrected chi connectivity index (χ0v) is 12.5. The van der Waals surface area contributed by atoms with Crippen molar-refractivity contribution in [3.8, 4) is 11.1 Å². The molecule has 21 heavy (non-hydrogen) atoms. The van der Waals surface area contributed by atoms with Crippen LogP contribution < -0.4 is 5.73 Å². The van der Waals surface area contributed by atoms with Crippen LogP contribution in [0.5, 0.6) is 0 Å². The molecule has 3 nitrogen and oxygen atoms in total. The van der Waals surface area contributed by atoms with E-state index in [1.54, 1.807) is 0 Å². The van der Waals surface area contributed by atoms with Gasteiger partial charge in [0.15, 0.2) is 0 Å². The number of halogens is 1. The molecule has 106 valence electrons. The van der Waals surface area contributed by atoms with E-state index in [9.17, 15) is 0 Å². The molecule has 3 rings (SSSR count). The number of nitrogen functional groups attached to an aromatic ring is 1. The number of benzene rings is 2. The molecule has 0 aliphatic rings. The Morgan fingerprint density at radius 1 is 1.10 bits per heavy atom. The van der Waals surface area contributed by atoms with Gasteiger partial charge >= 0.3 is 0 Å². The monoisotopic (exact) mass is 297 g/mol. The van der Waals surface area contributed by atoms with Gasteiger partial charge in [-0.05, 0) is 41.8 Å². The lowest BCUT2D eigenvalue weighted by atomic mass is 10.1. The molecule has 0 radical (unpaired) electrons. The zero-order chi connectivity index (χ0) is 14.8. The van der Waals surface area contributed by atoms with Crippen LogP contribution in [0.1, 0.15) is 11.1 Å². The van der Waals surface area contributed by atoms with E-state index in [0.29, 0.717) is 6.54 Å². The SMILES string of the molecule is Cc1ccc(Cn2cc(-c3ccc(N)cc3)cn2)c(Cl)c1. The quantitative estimate of drug-likeness (QED) is 0.738. The number of aryl methyl sites for hydroxylation is 1. The molecule has 0 atom stereocenters. The number of hydrogen-bond donors (Lipinski definition) is 1. The summed E-state index contributed by atoms with van der Waals surface area (Å²) in [4.78, 5) is 0. The number of aromatic nitrogens is 2. The third kappa shape index (κ3) is 3.09. The summed E-state index contributed by atoms with van der Waals surface area (Å²) in [5, 5.41) is 5.18. The second-order valence-electron chi connectivity index (χ2n) is 5.14. The van der Waals surface area contributed by atoms with Crippen molar-refractivity contribution in [2.45, 2.75) is 13.5 Å². The predicted octanol–water partition coefficient (Wildman–Crippen LogP) is 4.14. The standard InChI is InChI=1S/C17H16ClN3/c1-12-2-3-14(17(18)8-12)10-21-11-15(9-20-21)13-4-6-16(19)7-5-13/h2-9,11H,10,19H2,1H3. The summed E-state index contributed by atoms with van der Waals surface area (Å²) in [5.74, 6) is 0. The lowest BCUT2D eigenvalue weighted by Gasteiger charge is -2.05. The minimum absolute atomic E-state index is 0.661. The zero-order valence-electron chi connectivity index (χ0n) is 11.8. The van der Waals surface area contributed by atoms with Crippen molar-refractivity contribution in [2.24, 2.45) is 0 Å². The normalized spacial score (nSPS) is 10.8. The minimum atomic E-state index is 0.661. The Kier molecular flexibility index (Phi) is 3.67. The van der Waals surface area contributed by atoms with Crippen LogP contribution in [-0.4, -0.2) is 9.78 Å². The first kappa shape index (κ1) is 13.7. The fourth-order valence-corrected chi connectivity index (χ4v) is 2.52. The molecule has 0 unspecified atom stereocenters. The summed E-state index contributed by atoms with van der Waals surface area (Å²) in [6.45, 7) is 2.69. The molecule has 0 saturated carbocycles. The van der Waals surface area contributed by atoms with Gasteiger partial charge in [-0.3, -0.25) is 4.68 Å². The Morgan fingerprint density at radius 2 is 1.86 bits per heavy atom. The molecular formula is C17H16ClN3. The van der Waals surface area contributed by atoms with E-state index in [0.717, 1.165) is 33.0 Å². The molecular weight excluding hydrogens is 282 g/mol. The van der Waals surface area contributed by atoms with Crippen molar-refractivity contribution >= 4 is 17.3 Å². The van der Waals surface area contributed by atoms with Gasteiger partial charge in [-0.2, -0.15) is 5.10 Å². The molecule has 0 fully saturated rings. The van der Waals surface area contributed by atoms with Gasteiger partial charge in [0.25, 0.3) is 0 Å². The maximum absolute atomic E-state index is 6.27. The molecule has 4 heteroatoms. The van der Waals surface area contributed by atoms with Crippen LogP contribution in [0.4, 0.5) is 5.69 Å². The fraction of sp³-hybridized carbons (Fsp3) is 0.118. The molecule has 2 aromatic carbocycles. The summed E-state index contributed by atoms with van der Waals surface area (Å²) < 4.78 is 1.89. The van der Waals surface area contributed by atoms with Crippen molar-refractivity contribution in [3.63, 3.8) is 0 Å². The number of rotatable bonds is 3. The van der Waals surface area contributed by atoms with E-state index in [1.807, 2.05) is 60.4 Å². The summed E-state index contributed by atoms with van der Waals surface area (Å²) in [6, 6.07) is 13.9. The molecule has 3 aromatic rings. The lowest BCUT2D eigenvalue weighted by Crippen LogP contribution is -2.00. The Balaban J connectivity index is 1.83. The van der Waals surface area contributed by atoms with Gasteiger partial charge in [-0.25, -0.2) is 0 Å². The van der Waals surface area contributed by atoms with E-state index in [4.69, 9.17) is 17.3 Å². The van der Waals surface area contributed by atoms with Crippen LogP contribution >= 0.6 is 11.6 Å². The Labute approximate surface area is 129 Å². The average molecular weight is 298 g/mol. The number of nitrogens with zero attached hydrogens (tertiary/aromatic N) is 2. The van der Waals surface area contributed by atoms with Crippen LogP contribution in [0.3, 0.4) is 0 Å². The number of hydrogen-bond acceptors (Lipinski definition) is 2. The fourth-order valence-electron chi connectivity index (χ4n) is 2.23. The average Bonchev–Trinajstić information content (AvgIpc) is 2.91. The third-order valence-electron chi connectivity index (χ3n) is 3.42. The van der Waals surface area contributed by atoms with Crippen LogP contribution in [0.15, 0.2) is 54.9 Å². The van der Waals surface area contributed by atoms with Crippen molar-refractivity contribution in [1.29, 1.82) is 0 Å². The summed E-state index contributed by atoms with van der Waals surface area (Å²) in [6.07, 6.45) is 3.87.